The monoisotopic (exact) mass is 379 g/mol. The maximum Gasteiger partial charge on any atom is 0.225 e. The molecule has 5 nitrogen and oxygen atoms in total. The van der Waals surface area contributed by atoms with Crippen LogP contribution in [0.15, 0.2) is 24.3 Å². The quantitative estimate of drug-likeness (QED) is 0.877. The average Bonchev–Trinajstić information content (AvgIpc) is 2.61. The fraction of sp³-hybridized carbons (Fsp3) is 0.600. The maximum absolute atomic E-state index is 13.1. The van der Waals surface area contributed by atoms with E-state index < -0.39 is 0 Å². The zero-order valence-corrected chi connectivity index (χ0v) is 16.5. The topological polar surface area (TPSA) is 66.6 Å². The molecule has 2 aliphatic rings. The molecule has 3 atom stereocenters. The Morgan fingerprint density at radius 3 is 2.62 bits per heavy atom. The number of nitrogens with zero attached hydrogens (tertiary/aromatic N) is 2. The molecular formula is C20H30ClN3O2. The first-order valence-electron chi connectivity index (χ1n) is 9.35. The summed E-state index contributed by atoms with van der Waals surface area (Å²) in [6.07, 6.45) is 3.20. The number of halogens is 1. The van der Waals surface area contributed by atoms with Gasteiger partial charge in [0.1, 0.15) is 0 Å². The van der Waals surface area contributed by atoms with Crippen molar-refractivity contribution in [1.29, 1.82) is 0 Å². The van der Waals surface area contributed by atoms with E-state index >= 15 is 0 Å². The molecule has 2 N–H and O–H groups in total. The number of nitrogens with two attached hydrogens (primary N) is 1. The Hall–Kier alpha value is -1.59. The zero-order chi connectivity index (χ0) is 18.0. The molecule has 6 heteroatoms. The largest absolute Gasteiger partial charge is 0.338 e. The highest BCUT2D eigenvalue weighted by Crippen LogP contribution is 2.33. The van der Waals surface area contributed by atoms with E-state index in [2.05, 4.69) is 19.1 Å². The van der Waals surface area contributed by atoms with Crippen molar-refractivity contribution < 1.29 is 9.59 Å². The van der Waals surface area contributed by atoms with E-state index in [0.29, 0.717) is 25.4 Å². The summed E-state index contributed by atoms with van der Waals surface area (Å²) in [7, 11) is 0. The second-order valence-electron chi connectivity index (χ2n) is 7.49. The lowest BCUT2D eigenvalue weighted by Gasteiger charge is -2.41. The van der Waals surface area contributed by atoms with Crippen LogP contribution in [-0.4, -0.2) is 47.3 Å². The molecule has 0 saturated carbocycles. The second-order valence-corrected chi connectivity index (χ2v) is 7.49. The van der Waals surface area contributed by atoms with Gasteiger partial charge in [-0.3, -0.25) is 9.59 Å². The van der Waals surface area contributed by atoms with Crippen molar-refractivity contribution in [3.63, 3.8) is 0 Å². The number of carbonyl (C=O) groups is 2. The summed E-state index contributed by atoms with van der Waals surface area (Å²) in [5.74, 6) is 0.770. The Morgan fingerprint density at radius 1 is 1.19 bits per heavy atom. The van der Waals surface area contributed by atoms with Crippen LogP contribution in [0.2, 0.25) is 0 Å². The van der Waals surface area contributed by atoms with Gasteiger partial charge < -0.3 is 15.5 Å². The van der Waals surface area contributed by atoms with Gasteiger partial charge in [-0.2, -0.15) is 0 Å². The van der Waals surface area contributed by atoms with E-state index in [1.165, 1.54) is 5.56 Å². The highest BCUT2D eigenvalue weighted by Gasteiger charge is 2.35. The van der Waals surface area contributed by atoms with Gasteiger partial charge in [-0.1, -0.05) is 31.2 Å². The standard InChI is InChI=1S/C20H29N3O2.ClH/c1-14-7-9-23(17(11-14)13-21)20(25)12-19-18-6-4-3-5-16(18)8-10-22(19)15(2)24;/h3-6,14,17,19H,7-13,21H2,1-2H3;1H. The number of carbonyl (C=O) groups excluding carboxylic acids is 2. The van der Waals surface area contributed by atoms with Gasteiger partial charge in [0.25, 0.3) is 0 Å². The Labute approximate surface area is 162 Å². The number of fused-ring (bicyclic) bond motifs is 1. The maximum atomic E-state index is 13.1. The molecule has 0 aliphatic carbocycles. The smallest absolute Gasteiger partial charge is 0.225 e. The van der Waals surface area contributed by atoms with Crippen molar-refractivity contribution >= 4 is 24.2 Å². The Morgan fingerprint density at radius 2 is 1.92 bits per heavy atom. The summed E-state index contributed by atoms with van der Waals surface area (Å²) < 4.78 is 0. The molecule has 2 heterocycles. The molecule has 0 aromatic heterocycles. The van der Waals surface area contributed by atoms with Gasteiger partial charge in [-0.25, -0.2) is 0 Å². The van der Waals surface area contributed by atoms with Crippen LogP contribution in [-0.2, 0) is 16.0 Å². The average molecular weight is 380 g/mol. The zero-order valence-electron chi connectivity index (χ0n) is 15.7. The van der Waals surface area contributed by atoms with Gasteiger partial charge in [0.05, 0.1) is 12.5 Å². The fourth-order valence-electron chi connectivity index (χ4n) is 4.33. The van der Waals surface area contributed by atoms with E-state index in [-0.39, 0.29) is 36.3 Å². The van der Waals surface area contributed by atoms with Crippen LogP contribution >= 0.6 is 12.4 Å². The Bertz CT molecular complexity index is 652. The lowest BCUT2D eigenvalue weighted by molar-refractivity contribution is -0.139. The molecule has 26 heavy (non-hydrogen) atoms. The van der Waals surface area contributed by atoms with E-state index in [9.17, 15) is 9.59 Å². The molecule has 0 bridgehead atoms. The van der Waals surface area contributed by atoms with Crippen molar-refractivity contribution in [2.24, 2.45) is 11.7 Å². The molecule has 1 saturated heterocycles. The van der Waals surface area contributed by atoms with Crippen molar-refractivity contribution in [3.05, 3.63) is 35.4 Å². The highest BCUT2D eigenvalue weighted by molar-refractivity contribution is 5.85. The van der Waals surface area contributed by atoms with Crippen molar-refractivity contribution in [2.45, 2.75) is 51.6 Å². The Balaban J connectivity index is 0.00000243. The van der Waals surface area contributed by atoms with E-state index in [1.54, 1.807) is 6.92 Å². The minimum absolute atomic E-state index is 0. The summed E-state index contributed by atoms with van der Waals surface area (Å²) >= 11 is 0. The van der Waals surface area contributed by atoms with Crippen LogP contribution in [0, 0.1) is 5.92 Å². The van der Waals surface area contributed by atoms with Gasteiger partial charge in [-0.05, 0) is 36.3 Å². The molecule has 3 unspecified atom stereocenters. The highest BCUT2D eigenvalue weighted by atomic mass is 35.5. The van der Waals surface area contributed by atoms with E-state index in [1.807, 2.05) is 21.9 Å². The third-order valence-electron chi connectivity index (χ3n) is 5.76. The van der Waals surface area contributed by atoms with Crippen LogP contribution in [0.3, 0.4) is 0 Å². The molecule has 1 aromatic rings. The third-order valence-corrected chi connectivity index (χ3v) is 5.76. The molecule has 144 valence electrons. The number of likely N-dealkylation sites (tertiary alicyclic amines) is 1. The van der Waals surface area contributed by atoms with E-state index in [4.69, 9.17) is 5.73 Å². The van der Waals surface area contributed by atoms with Gasteiger partial charge in [0.15, 0.2) is 0 Å². The number of rotatable bonds is 3. The summed E-state index contributed by atoms with van der Waals surface area (Å²) in [4.78, 5) is 29.0. The second kappa shape index (κ2) is 8.87. The molecular weight excluding hydrogens is 350 g/mol. The predicted octanol–water partition coefficient (Wildman–Crippen LogP) is 2.53. The van der Waals surface area contributed by atoms with Crippen LogP contribution in [0.5, 0.6) is 0 Å². The molecule has 0 spiro atoms. The van der Waals surface area contributed by atoms with Crippen molar-refractivity contribution in [1.82, 2.24) is 9.80 Å². The van der Waals surface area contributed by atoms with Gasteiger partial charge >= 0.3 is 0 Å². The minimum Gasteiger partial charge on any atom is -0.338 e. The van der Waals surface area contributed by atoms with Crippen LogP contribution < -0.4 is 5.73 Å². The third kappa shape index (κ3) is 4.21. The number of piperidine rings is 1. The molecule has 2 aliphatic heterocycles. The number of amides is 2. The molecule has 3 rings (SSSR count). The first-order chi connectivity index (χ1) is 12.0. The van der Waals surface area contributed by atoms with Crippen LogP contribution in [0.1, 0.15) is 50.3 Å². The van der Waals surface area contributed by atoms with Gasteiger partial charge in [-0.15, -0.1) is 12.4 Å². The summed E-state index contributed by atoms with van der Waals surface area (Å²) in [6, 6.07) is 8.15. The lowest BCUT2D eigenvalue weighted by Crippen LogP contribution is -2.50. The number of benzene rings is 1. The van der Waals surface area contributed by atoms with Crippen LogP contribution in [0.4, 0.5) is 0 Å². The summed E-state index contributed by atoms with van der Waals surface area (Å²) in [6.45, 7) is 5.78. The first kappa shape index (κ1) is 20.7. The predicted molar refractivity (Wildman–Crippen MR) is 105 cm³/mol. The van der Waals surface area contributed by atoms with Crippen LogP contribution in [0.25, 0.3) is 0 Å². The van der Waals surface area contributed by atoms with E-state index in [0.717, 1.165) is 31.4 Å². The Kier molecular flexibility index (Phi) is 7.07. The molecule has 0 radical (unpaired) electrons. The van der Waals surface area contributed by atoms with Gasteiger partial charge in [0, 0.05) is 32.6 Å². The van der Waals surface area contributed by atoms with Crippen molar-refractivity contribution in [2.75, 3.05) is 19.6 Å². The number of hydrogen-bond acceptors (Lipinski definition) is 3. The SMILES string of the molecule is CC(=O)N1CCc2ccccc2C1CC(=O)N1CCC(C)CC1CN.Cl. The number of hydrogen-bond donors (Lipinski definition) is 1. The molecule has 2 amide bonds. The normalized spacial score (nSPS) is 25.3. The fourth-order valence-corrected chi connectivity index (χ4v) is 4.33. The first-order valence-corrected chi connectivity index (χ1v) is 9.35. The summed E-state index contributed by atoms with van der Waals surface area (Å²) in [5.41, 5.74) is 8.29. The van der Waals surface area contributed by atoms with Crippen molar-refractivity contribution in [3.8, 4) is 0 Å². The van der Waals surface area contributed by atoms with Gasteiger partial charge in [0.2, 0.25) is 11.8 Å². The molecule has 1 fully saturated rings. The lowest BCUT2D eigenvalue weighted by atomic mass is 9.88. The summed E-state index contributed by atoms with van der Waals surface area (Å²) in [5, 5.41) is 0. The molecule has 1 aromatic carbocycles. The minimum atomic E-state index is -0.160.